The molecule has 0 bridgehead atoms. The van der Waals surface area contributed by atoms with E-state index >= 15 is 0 Å². The molecule has 0 heterocycles. The maximum atomic E-state index is 12.2. The van der Waals surface area contributed by atoms with Crippen LogP contribution in [0.15, 0.2) is 0 Å². The highest BCUT2D eigenvalue weighted by Gasteiger charge is 2.40. The van der Waals surface area contributed by atoms with E-state index in [1.807, 2.05) is 6.92 Å². The van der Waals surface area contributed by atoms with Crippen molar-refractivity contribution in [2.45, 2.75) is 76.6 Å². The third-order valence-electron chi connectivity index (χ3n) is 4.20. The predicted molar refractivity (Wildman–Crippen MR) is 69.9 cm³/mol. The molecule has 1 saturated carbocycles. The standard InChI is InChI=1S/C14H26F3NO/c1-3-19-13(9-6-11(2)7-10-13)12(18)5-4-8-14(15,16)17/h11-12H,3-10,18H2,1-2H3. The van der Waals surface area contributed by atoms with Crippen molar-refractivity contribution in [2.75, 3.05) is 6.61 Å². The molecule has 2 nitrogen and oxygen atoms in total. The van der Waals surface area contributed by atoms with Crippen LogP contribution in [-0.4, -0.2) is 24.4 Å². The minimum absolute atomic E-state index is 0.0923. The Kier molecular flexibility index (Phi) is 6.12. The molecule has 0 aromatic carbocycles. The van der Waals surface area contributed by atoms with Crippen LogP contribution in [0.1, 0.15) is 58.8 Å². The van der Waals surface area contributed by atoms with Gasteiger partial charge in [-0.05, 0) is 51.4 Å². The molecule has 1 aliphatic rings. The van der Waals surface area contributed by atoms with Crippen molar-refractivity contribution >= 4 is 0 Å². The van der Waals surface area contributed by atoms with Crippen LogP contribution >= 0.6 is 0 Å². The quantitative estimate of drug-likeness (QED) is 0.797. The Morgan fingerprint density at radius 3 is 2.37 bits per heavy atom. The maximum absolute atomic E-state index is 12.2. The van der Waals surface area contributed by atoms with Crippen LogP contribution in [0.4, 0.5) is 13.2 Å². The average Bonchev–Trinajstić information content (AvgIpc) is 2.31. The molecule has 0 aliphatic heterocycles. The topological polar surface area (TPSA) is 35.2 Å². The van der Waals surface area contributed by atoms with Gasteiger partial charge in [0.1, 0.15) is 0 Å². The smallest absolute Gasteiger partial charge is 0.374 e. The fourth-order valence-electron chi connectivity index (χ4n) is 2.95. The molecule has 1 aliphatic carbocycles. The number of halogens is 3. The van der Waals surface area contributed by atoms with Gasteiger partial charge in [0.15, 0.2) is 0 Å². The van der Waals surface area contributed by atoms with E-state index in [0.717, 1.165) is 25.7 Å². The van der Waals surface area contributed by atoms with Gasteiger partial charge >= 0.3 is 6.18 Å². The second-order valence-corrected chi connectivity index (χ2v) is 5.79. The molecule has 0 aromatic rings. The van der Waals surface area contributed by atoms with Gasteiger partial charge in [-0.1, -0.05) is 6.92 Å². The zero-order valence-electron chi connectivity index (χ0n) is 11.9. The van der Waals surface area contributed by atoms with Gasteiger partial charge in [0, 0.05) is 19.1 Å². The molecule has 0 saturated heterocycles. The molecule has 0 radical (unpaired) electrons. The first-order valence-electron chi connectivity index (χ1n) is 7.25. The lowest BCUT2D eigenvalue weighted by molar-refractivity contribution is -0.138. The average molecular weight is 281 g/mol. The Morgan fingerprint density at radius 2 is 1.89 bits per heavy atom. The molecule has 19 heavy (non-hydrogen) atoms. The van der Waals surface area contributed by atoms with E-state index in [2.05, 4.69) is 6.92 Å². The van der Waals surface area contributed by atoms with Crippen LogP contribution < -0.4 is 5.73 Å². The Hall–Kier alpha value is -0.290. The van der Waals surface area contributed by atoms with Gasteiger partial charge in [0.2, 0.25) is 0 Å². The van der Waals surface area contributed by atoms with Crippen molar-refractivity contribution in [1.29, 1.82) is 0 Å². The van der Waals surface area contributed by atoms with E-state index < -0.39 is 18.2 Å². The monoisotopic (exact) mass is 281 g/mol. The molecule has 2 N–H and O–H groups in total. The number of hydrogen-bond donors (Lipinski definition) is 1. The van der Waals surface area contributed by atoms with Crippen LogP contribution in [0.2, 0.25) is 0 Å². The number of ether oxygens (including phenoxy) is 1. The second-order valence-electron chi connectivity index (χ2n) is 5.79. The van der Waals surface area contributed by atoms with Crippen LogP contribution in [0, 0.1) is 5.92 Å². The molecule has 0 aromatic heterocycles. The summed E-state index contributed by atoms with van der Waals surface area (Å²) in [5, 5.41) is 0. The Bertz CT molecular complexity index is 260. The molecular weight excluding hydrogens is 255 g/mol. The first-order chi connectivity index (χ1) is 8.79. The van der Waals surface area contributed by atoms with Gasteiger partial charge in [0.05, 0.1) is 5.60 Å². The largest absolute Gasteiger partial charge is 0.389 e. The molecule has 1 fully saturated rings. The predicted octanol–water partition coefficient (Wildman–Crippen LogP) is 4.03. The molecule has 0 spiro atoms. The minimum atomic E-state index is -4.08. The molecule has 114 valence electrons. The Morgan fingerprint density at radius 1 is 1.32 bits per heavy atom. The van der Waals surface area contributed by atoms with Crippen LogP contribution in [-0.2, 0) is 4.74 Å². The lowest BCUT2D eigenvalue weighted by Crippen LogP contribution is -2.52. The highest BCUT2D eigenvalue weighted by atomic mass is 19.4. The van der Waals surface area contributed by atoms with Gasteiger partial charge in [-0.15, -0.1) is 0 Å². The van der Waals surface area contributed by atoms with Gasteiger partial charge in [0.25, 0.3) is 0 Å². The summed E-state index contributed by atoms with van der Waals surface area (Å²) in [4.78, 5) is 0. The Balaban J connectivity index is 2.51. The second kappa shape index (κ2) is 6.93. The van der Waals surface area contributed by atoms with E-state index in [1.165, 1.54) is 0 Å². The summed E-state index contributed by atoms with van der Waals surface area (Å²) in [5.41, 5.74) is 5.76. The van der Waals surface area contributed by atoms with Crippen LogP contribution in [0.25, 0.3) is 0 Å². The molecule has 1 unspecified atom stereocenters. The molecule has 0 amide bonds. The summed E-state index contributed by atoms with van der Waals surface area (Å²) in [6, 6.07) is -0.290. The molecule has 5 heteroatoms. The fraction of sp³-hybridized carbons (Fsp3) is 1.00. The van der Waals surface area contributed by atoms with Gasteiger partial charge in [-0.3, -0.25) is 0 Å². The van der Waals surface area contributed by atoms with Gasteiger partial charge in [-0.2, -0.15) is 13.2 Å². The first-order valence-corrected chi connectivity index (χ1v) is 7.25. The number of alkyl halides is 3. The van der Waals surface area contributed by atoms with E-state index in [9.17, 15) is 13.2 Å². The SMILES string of the molecule is CCOC1(C(N)CCCC(F)(F)F)CCC(C)CC1. The molecule has 1 rings (SSSR count). The molecular formula is C14H26F3NO. The van der Waals surface area contributed by atoms with Crippen molar-refractivity contribution in [3.05, 3.63) is 0 Å². The van der Waals surface area contributed by atoms with Crippen molar-refractivity contribution in [3.63, 3.8) is 0 Å². The van der Waals surface area contributed by atoms with Crippen molar-refractivity contribution in [1.82, 2.24) is 0 Å². The van der Waals surface area contributed by atoms with Crippen molar-refractivity contribution in [2.24, 2.45) is 11.7 Å². The summed E-state index contributed by atoms with van der Waals surface area (Å²) in [6.07, 6.45) is -0.522. The highest BCUT2D eigenvalue weighted by Crippen LogP contribution is 2.38. The summed E-state index contributed by atoms with van der Waals surface area (Å²) >= 11 is 0. The lowest BCUT2D eigenvalue weighted by Gasteiger charge is -2.43. The lowest BCUT2D eigenvalue weighted by atomic mass is 9.74. The zero-order chi connectivity index (χ0) is 14.5. The van der Waals surface area contributed by atoms with Crippen molar-refractivity contribution in [3.8, 4) is 0 Å². The fourth-order valence-corrected chi connectivity index (χ4v) is 2.95. The van der Waals surface area contributed by atoms with Crippen molar-refractivity contribution < 1.29 is 17.9 Å². The third kappa shape index (κ3) is 5.30. The number of hydrogen-bond acceptors (Lipinski definition) is 2. The van der Waals surface area contributed by atoms with Crippen LogP contribution in [0.5, 0.6) is 0 Å². The summed E-state index contributed by atoms with van der Waals surface area (Å²) in [7, 11) is 0. The zero-order valence-corrected chi connectivity index (χ0v) is 11.9. The van der Waals surface area contributed by atoms with Gasteiger partial charge in [-0.25, -0.2) is 0 Å². The highest BCUT2D eigenvalue weighted by molar-refractivity contribution is 4.95. The van der Waals surface area contributed by atoms with E-state index in [1.54, 1.807) is 0 Å². The summed E-state index contributed by atoms with van der Waals surface area (Å²) in [5.74, 6) is 0.663. The molecule has 1 atom stereocenters. The maximum Gasteiger partial charge on any atom is 0.389 e. The minimum Gasteiger partial charge on any atom is -0.374 e. The Labute approximate surface area is 113 Å². The normalized spacial score (nSPS) is 30.3. The summed E-state index contributed by atoms with van der Waals surface area (Å²) < 4.78 is 42.4. The van der Waals surface area contributed by atoms with E-state index in [-0.39, 0.29) is 12.5 Å². The van der Waals surface area contributed by atoms with E-state index in [0.29, 0.717) is 18.9 Å². The van der Waals surface area contributed by atoms with E-state index in [4.69, 9.17) is 10.5 Å². The first kappa shape index (κ1) is 16.8. The van der Waals surface area contributed by atoms with Gasteiger partial charge < -0.3 is 10.5 Å². The van der Waals surface area contributed by atoms with Crippen LogP contribution in [0.3, 0.4) is 0 Å². The number of rotatable bonds is 6. The summed E-state index contributed by atoms with van der Waals surface area (Å²) in [6.45, 7) is 4.69. The number of nitrogens with two attached hydrogens (primary N) is 1. The third-order valence-corrected chi connectivity index (χ3v) is 4.20.